The molecule has 1 aromatic heterocycles. The average molecular weight is 177 g/mol. The van der Waals surface area contributed by atoms with Crippen molar-refractivity contribution in [2.24, 2.45) is 0 Å². The molecular weight excluding hydrogens is 170 g/mol. The molecule has 0 amide bonds. The number of nitro groups is 1. The third-order valence-electron chi connectivity index (χ3n) is 1.98. The molecule has 1 aromatic carbocycles. The number of benzene rings is 1. The van der Waals surface area contributed by atoms with Crippen LogP contribution in [-0.2, 0) is 0 Å². The molecule has 0 spiro atoms. The van der Waals surface area contributed by atoms with Crippen LogP contribution in [0, 0.1) is 17.0 Å². The van der Waals surface area contributed by atoms with E-state index < -0.39 is 0 Å². The summed E-state index contributed by atoms with van der Waals surface area (Å²) in [7, 11) is 0. The Labute approximate surface area is 73.5 Å². The van der Waals surface area contributed by atoms with Crippen LogP contribution < -0.4 is 0 Å². The Morgan fingerprint density at radius 3 is 3.00 bits per heavy atom. The molecule has 0 saturated heterocycles. The van der Waals surface area contributed by atoms with Crippen molar-refractivity contribution >= 4 is 16.6 Å². The third-order valence-corrected chi connectivity index (χ3v) is 1.98. The quantitative estimate of drug-likeness (QED) is 0.533. The van der Waals surface area contributed by atoms with Crippen molar-refractivity contribution < 1.29 is 4.92 Å². The first-order valence-electron chi connectivity index (χ1n) is 3.77. The zero-order chi connectivity index (χ0) is 9.42. The zero-order valence-electron chi connectivity index (χ0n) is 6.94. The smallest absolute Gasteiger partial charge is 0.278 e. The molecule has 0 radical (unpaired) electrons. The highest BCUT2D eigenvalue weighted by Gasteiger charge is 2.15. The number of aromatic nitrogens is 2. The predicted octanol–water partition coefficient (Wildman–Crippen LogP) is 1.78. The van der Waals surface area contributed by atoms with Gasteiger partial charge in [0.15, 0.2) is 0 Å². The number of rotatable bonds is 1. The van der Waals surface area contributed by atoms with Crippen LogP contribution in [0.5, 0.6) is 0 Å². The van der Waals surface area contributed by atoms with Crippen molar-refractivity contribution in [3.63, 3.8) is 0 Å². The second-order valence-corrected chi connectivity index (χ2v) is 2.82. The summed E-state index contributed by atoms with van der Waals surface area (Å²) in [5.41, 5.74) is 1.47. The standard InChI is InChI=1S/C8H7N3O2/c1-5-2-3-7-6(4-9-10-7)8(5)11(12)13/h2-4H,1H3,(H,9,10). The monoisotopic (exact) mass is 177 g/mol. The molecule has 13 heavy (non-hydrogen) atoms. The summed E-state index contributed by atoms with van der Waals surface area (Å²) in [6.45, 7) is 1.71. The maximum Gasteiger partial charge on any atom is 0.283 e. The van der Waals surface area contributed by atoms with Crippen LogP contribution in [-0.4, -0.2) is 15.1 Å². The number of hydrogen-bond acceptors (Lipinski definition) is 3. The van der Waals surface area contributed by atoms with E-state index in [0.717, 1.165) is 0 Å². The summed E-state index contributed by atoms with van der Waals surface area (Å²) in [6, 6.07) is 3.49. The summed E-state index contributed by atoms with van der Waals surface area (Å²) in [4.78, 5) is 10.3. The lowest BCUT2D eigenvalue weighted by atomic mass is 10.1. The topological polar surface area (TPSA) is 71.8 Å². The van der Waals surface area contributed by atoms with Crippen LogP contribution in [0.2, 0.25) is 0 Å². The number of aromatic amines is 1. The highest BCUT2D eigenvalue weighted by Crippen LogP contribution is 2.27. The first-order chi connectivity index (χ1) is 6.20. The SMILES string of the molecule is Cc1ccc2[nH]ncc2c1[N+](=O)[O-]. The lowest BCUT2D eigenvalue weighted by Crippen LogP contribution is -1.91. The van der Waals surface area contributed by atoms with Gasteiger partial charge in [0.05, 0.1) is 22.0 Å². The molecule has 0 aliphatic carbocycles. The lowest BCUT2D eigenvalue weighted by Gasteiger charge is -1.96. The Morgan fingerprint density at radius 1 is 1.54 bits per heavy atom. The molecule has 0 atom stereocenters. The molecule has 5 heteroatoms. The second kappa shape index (κ2) is 2.55. The molecule has 1 N–H and O–H groups in total. The molecule has 0 unspecified atom stereocenters. The average Bonchev–Trinajstić information content (AvgIpc) is 2.50. The largest absolute Gasteiger partial charge is 0.283 e. The fourth-order valence-electron chi connectivity index (χ4n) is 1.35. The minimum atomic E-state index is -0.382. The van der Waals surface area contributed by atoms with Gasteiger partial charge in [0.2, 0.25) is 0 Å². The Hall–Kier alpha value is -1.91. The van der Waals surface area contributed by atoms with Crippen molar-refractivity contribution in [1.82, 2.24) is 10.2 Å². The van der Waals surface area contributed by atoms with Crippen LogP contribution in [0.3, 0.4) is 0 Å². The number of aryl methyl sites for hydroxylation is 1. The van der Waals surface area contributed by atoms with Gasteiger partial charge in [0, 0.05) is 5.56 Å². The van der Waals surface area contributed by atoms with Gasteiger partial charge in [0.1, 0.15) is 0 Å². The van der Waals surface area contributed by atoms with E-state index in [1.54, 1.807) is 19.1 Å². The van der Waals surface area contributed by atoms with Gasteiger partial charge >= 0.3 is 0 Å². The first-order valence-corrected chi connectivity index (χ1v) is 3.77. The number of nitrogens with zero attached hydrogens (tertiary/aromatic N) is 2. The Balaban J connectivity index is 2.88. The van der Waals surface area contributed by atoms with Gasteiger partial charge in [-0.1, -0.05) is 6.07 Å². The van der Waals surface area contributed by atoms with Crippen LogP contribution in [0.25, 0.3) is 10.9 Å². The summed E-state index contributed by atoms with van der Waals surface area (Å²) in [5.74, 6) is 0. The van der Waals surface area contributed by atoms with E-state index in [2.05, 4.69) is 10.2 Å². The minimum Gasteiger partial charge on any atom is -0.278 e. The minimum absolute atomic E-state index is 0.131. The van der Waals surface area contributed by atoms with E-state index in [9.17, 15) is 10.1 Å². The molecule has 2 rings (SSSR count). The Morgan fingerprint density at radius 2 is 2.31 bits per heavy atom. The van der Waals surface area contributed by atoms with E-state index in [1.807, 2.05) is 0 Å². The zero-order valence-corrected chi connectivity index (χ0v) is 6.94. The van der Waals surface area contributed by atoms with Gasteiger partial charge in [0.25, 0.3) is 5.69 Å². The van der Waals surface area contributed by atoms with Crippen molar-refractivity contribution in [3.8, 4) is 0 Å². The molecule has 1 heterocycles. The van der Waals surface area contributed by atoms with Crippen molar-refractivity contribution in [2.45, 2.75) is 6.92 Å². The molecule has 0 aliphatic heterocycles. The van der Waals surface area contributed by atoms with Crippen LogP contribution in [0.15, 0.2) is 18.3 Å². The second-order valence-electron chi connectivity index (χ2n) is 2.82. The number of H-pyrrole nitrogens is 1. The molecule has 5 nitrogen and oxygen atoms in total. The van der Waals surface area contributed by atoms with Gasteiger partial charge in [-0.05, 0) is 13.0 Å². The normalized spacial score (nSPS) is 10.5. The number of nitrogens with one attached hydrogen (secondary N) is 1. The first kappa shape index (κ1) is 7.72. The van der Waals surface area contributed by atoms with Gasteiger partial charge in [-0.25, -0.2) is 0 Å². The fourth-order valence-corrected chi connectivity index (χ4v) is 1.35. The molecule has 0 fully saturated rings. The van der Waals surface area contributed by atoms with E-state index in [1.165, 1.54) is 6.20 Å². The van der Waals surface area contributed by atoms with Crippen molar-refractivity contribution in [2.75, 3.05) is 0 Å². The molecule has 0 bridgehead atoms. The predicted molar refractivity (Wildman–Crippen MR) is 47.5 cm³/mol. The molecular formula is C8H7N3O2. The summed E-state index contributed by atoms with van der Waals surface area (Å²) in [5, 5.41) is 17.7. The number of fused-ring (bicyclic) bond motifs is 1. The van der Waals surface area contributed by atoms with Gasteiger partial charge in [-0.3, -0.25) is 15.2 Å². The Bertz CT molecular complexity index is 475. The molecule has 0 saturated carbocycles. The van der Waals surface area contributed by atoms with Gasteiger partial charge < -0.3 is 0 Å². The lowest BCUT2D eigenvalue weighted by molar-refractivity contribution is -0.383. The van der Waals surface area contributed by atoms with Gasteiger partial charge in [-0.2, -0.15) is 5.10 Å². The van der Waals surface area contributed by atoms with Crippen molar-refractivity contribution in [1.29, 1.82) is 0 Å². The summed E-state index contributed by atoms with van der Waals surface area (Å²) < 4.78 is 0. The number of hydrogen-bond donors (Lipinski definition) is 1. The van der Waals surface area contributed by atoms with E-state index >= 15 is 0 Å². The van der Waals surface area contributed by atoms with Crippen LogP contribution >= 0.6 is 0 Å². The van der Waals surface area contributed by atoms with E-state index in [-0.39, 0.29) is 10.6 Å². The van der Waals surface area contributed by atoms with Crippen LogP contribution in [0.1, 0.15) is 5.56 Å². The van der Waals surface area contributed by atoms with Crippen molar-refractivity contribution in [3.05, 3.63) is 34.0 Å². The highest BCUT2D eigenvalue weighted by atomic mass is 16.6. The molecule has 0 aliphatic rings. The van der Waals surface area contributed by atoms with E-state index in [0.29, 0.717) is 16.5 Å². The van der Waals surface area contributed by atoms with E-state index in [4.69, 9.17) is 0 Å². The Kier molecular flexibility index (Phi) is 1.51. The summed E-state index contributed by atoms with van der Waals surface area (Å²) >= 11 is 0. The van der Waals surface area contributed by atoms with Gasteiger partial charge in [-0.15, -0.1) is 0 Å². The summed E-state index contributed by atoms with van der Waals surface area (Å²) in [6.07, 6.45) is 1.47. The fraction of sp³-hybridized carbons (Fsp3) is 0.125. The number of nitro benzene ring substituents is 1. The van der Waals surface area contributed by atoms with Crippen LogP contribution in [0.4, 0.5) is 5.69 Å². The highest BCUT2D eigenvalue weighted by molar-refractivity contribution is 5.88. The third kappa shape index (κ3) is 1.05. The maximum absolute atomic E-state index is 10.7. The maximum atomic E-state index is 10.7. The molecule has 66 valence electrons. The molecule has 2 aromatic rings.